The minimum atomic E-state index is -0.540. The van der Waals surface area contributed by atoms with Gasteiger partial charge in [-0.3, -0.25) is 4.79 Å². The van der Waals surface area contributed by atoms with Crippen LogP contribution in [-0.4, -0.2) is 11.0 Å². The van der Waals surface area contributed by atoms with Crippen molar-refractivity contribution in [3.8, 4) is 11.8 Å². The molecule has 2 aromatic carbocycles. The summed E-state index contributed by atoms with van der Waals surface area (Å²) >= 11 is 11.7. The number of carbonyl (C=O) groups is 1. The Morgan fingerprint density at radius 3 is 2.33 bits per heavy atom. The fourth-order valence-corrected chi connectivity index (χ4v) is 2.51. The van der Waals surface area contributed by atoms with Gasteiger partial charge in [0.1, 0.15) is 11.6 Å². The first-order valence-electron chi connectivity index (χ1n) is 7.14. The van der Waals surface area contributed by atoms with E-state index < -0.39 is 5.91 Å². The van der Waals surface area contributed by atoms with Gasteiger partial charge in [0.05, 0.1) is 10.0 Å². The van der Waals surface area contributed by atoms with Crippen molar-refractivity contribution in [2.24, 2.45) is 0 Å². The summed E-state index contributed by atoms with van der Waals surface area (Å²) < 4.78 is 0. The Morgan fingerprint density at radius 1 is 1.25 bits per heavy atom. The number of phenolic OH excluding ortho intramolecular Hbond substituents is 1. The molecule has 0 aliphatic heterocycles. The number of anilines is 1. The Bertz CT molecular complexity index is 814. The highest BCUT2D eigenvalue weighted by molar-refractivity contribution is 6.37. The van der Waals surface area contributed by atoms with Crippen molar-refractivity contribution in [1.82, 2.24) is 0 Å². The van der Waals surface area contributed by atoms with Crippen molar-refractivity contribution in [2.75, 3.05) is 5.32 Å². The van der Waals surface area contributed by atoms with Crippen LogP contribution in [0.3, 0.4) is 0 Å². The monoisotopic (exact) mass is 360 g/mol. The molecule has 0 aliphatic carbocycles. The van der Waals surface area contributed by atoms with Crippen LogP contribution in [0.5, 0.6) is 5.75 Å². The number of nitriles is 1. The van der Waals surface area contributed by atoms with E-state index in [1.807, 2.05) is 25.1 Å². The van der Waals surface area contributed by atoms with Crippen molar-refractivity contribution in [3.05, 3.63) is 63.1 Å². The van der Waals surface area contributed by atoms with Gasteiger partial charge in [-0.15, -0.1) is 0 Å². The third-order valence-electron chi connectivity index (χ3n) is 3.34. The molecule has 122 valence electrons. The minimum Gasteiger partial charge on any atom is -0.505 e. The maximum atomic E-state index is 12.2. The van der Waals surface area contributed by atoms with Crippen LogP contribution >= 0.6 is 23.2 Å². The van der Waals surface area contributed by atoms with Gasteiger partial charge >= 0.3 is 0 Å². The van der Waals surface area contributed by atoms with Gasteiger partial charge in [-0.05, 0) is 47.9 Å². The van der Waals surface area contributed by atoms with Gasteiger partial charge in [-0.2, -0.15) is 5.26 Å². The van der Waals surface area contributed by atoms with E-state index in [1.165, 1.54) is 18.2 Å². The molecule has 6 heteroatoms. The number of carbonyl (C=O) groups excluding carboxylic acids is 1. The van der Waals surface area contributed by atoms with Gasteiger partial charge in [0, 0.05) is 5.69 Å². The number of aromatic hydroxyl groups is 1. The molecule has 0 saturated carbocycles. The molecular weight excluding hydrogens is 347 g/mol. The van der Waals surface area contributed by atoms with E-state index in [0.717, 1.165) is 12.0 Å². The zero-order valence-electron chi connectivity index (χ0n) is 12.8. The van der Waals surface area contributed by atoms with Crippen molar-refractivity contribution in [1.29, 1.82) is 5.26 Å². The van der Waals surface area contributed by atoms with Crippen LogP contribution in [0.1, 0.15) is 18.1 Å². The lowest BCUT2D eigenvalue weighted by Crippen LogP contribution is -2.13. The Morgan fingerprint density at radius 2 is 1.83 bits per heavy atom. The fraction of sp³-hybridized carbons (Fsp3) is 0.111. The number of hydrogen-bond donors (Lipinski definition) is 2. The van der Waals surface area contributed by atoms with E-state index in [-0.39, 0.29) is 21.4 Å². The van der Waals surface area contributed by atoms with Gasteiger partial charge in [0.15, 0.2) is 5.75 Å². The van der Waals surface area contributed by atoms with Gasteiger partial charge in [0.25, 0.3) is 5.91 Å². The van der Waals surface area contributed by atoms with Crippen LogP contribution in [0.25, 0.3) is 6.08 Å². The van der Waals surface area contributed by atoms with E-state index in [1.54, 1.807) is 12.1 Å². The van der Waals surface area contributed by atoms with E-state index in [4.69, 9.17) is 23.2 Å². The van der Waals surface area contributed by atoms with E-state index in [0.29, 0.717) is 11.3 Å². The van der Waals surface area contributed by atoms with Gasteiger partial charge in [-0.25, -0.2) is 0 Å². The fourth-order valence-electron chi connectivity index (χ4n) is 2.01. The second-order valence-corrected chi connectivity index (χ2v) is 5.82. The first-order chi connectivity index (χ1) is 11.4. The van der Waals surface area contributed by atoms with Crippen LogP contribution in [0, 0.1) is 11.3 Å². The highest BCUT2D eigenvalue weighted by atomic mass is 35.5. The summed E-state index contributed by atoms with van der Waals surface area (Å²) in [7, 11) is 0. The number of halogens is 2. The average Bonchev–Trinajstić information content (AvgIpc) is 2.58. The lowest BCUT2D eigenvalue weighted by atomic mass is 10.1. The molecule has 2 N–H and O–H groups in total. The number of aryl methyl sites for hydroxylation is 1. The molecule has 0 aliphatic rings. The zero-order chi connectivity index (χ0) is 17.7. The third-order valence-corrected chi connectivity index (χ3v) is 3.91. The molecule has 2 rings (SSSR count). The smallest absolute Gasteiger partial charge is 0.266 e. The molecule has 4 nitrogen and oxygen atoms in total. The van der Waals surface area contributed by atoms with E-state index in [2.05, 4.69) is 5.32 Å². The number of nitrogens with zero attached hydrogens (tertiary/aromatic N) is 1. The molecule has 0 unspecified atom stereocenters. The molecule has 0 atom stereocenters. The maximum absolute atomic E-state index is 12.2. The normalized spacial score (nSPS) is 11.0. The Hall–Kier alpha value is -2.48. The quantitative estimate of drug-likeness (QED) is 0.606. The number of hydrogen-bond acceptors (Lipinski definition) is 3. The molecule has 2 aromatic rings. The molecule has 0 aromatic heterocycles. The molecule has 0 radical (unpaired) electrons. The third kappa shape index (κ3) is 4.29. The number of benzene rings is 2. The molecule has 0 bridgehead atoms. The Balaban J connectivity index is 2.23. The largest absolute Gasteiger partial charge is 0.505 e. The van der Waals surface area contributed by atoms with Gasteiger partial charge in [-0.1, -0.05) is 42.3 Å². The van der Waals surface area contributed by atoms with Crippen LogP contribution < -0.4 is 5.32 Å². The van der Waals surface area contributed by atoms with Crippen molar-refractivity contribution in [3.63, 3.8) is 0 Å². The van der Waals surface area contributed by atoms with Crippen molar-refractivity contribution < 1.29 is 9.90 Å². The first-order valence-corrected chi connectivity index (χ1v) is 7.90. The lowest BCUT2D eigenvalue weighted by molar-refractivity contribution is -0.112. The molecule has 0 fully saturated rings. The van der Waals surface area contributed by atoms with Crippen molar-refractivity contribution in [2.45, 2.75) is 13.3 Å². The predicted molar refractivity (Wildman–Crippen MR) is 96.2 cm³/mol. The summed E-state index contributed by atoms with van der Waals surface area (Å²) in [6.45, 7) is 2.04. The number of nitrogens with one attached hydrogen (secondary N) is 1. The average molecular weight is 361 g/mol. The summed E-state index contributed by atoms with van der Waals surface area (Å²) in [4.78, 5) is 12.2. The molecule has 0 saturated heterocycles. The summed E-state index contributed by atoms with van der Waals surface area (Å²) in [6.07, 6.45) is 2.26. The topological polar surface area (TPSA) is 73.1 Å². The second-order valence-electron chi connectivity index (χ2n) is 5.01. The van der Waals surface area contributed by atoms with Crippen molar-refractivity contribution >= 4 is 40.9 Å². The van der Waals surface area contributed by atoms with Crippen LogP contribution in [0.4, 0.5) is 5.69 Å². The summed E-state index contributed by atoms with van der Waals surface area (Å²) in [5.74, 6) is -0.781. The molecule has 0 spiro atoms. The molecule has 1 amide bonds. The predicted octanol–water partition coefficient (Wildman–Crippen LogP) is 4.81. The summed E-state index contributed by atoms with van der Waals surface area (Å²) in [5, 5.41) is 21.5. The van der Waals surface area contributed by atoms with Crippen LogP contribution in [0.2, 0.25) is 10.0 Å². The van der Waals surface area contributed by atoms with Gasteiger partial charge < -0.3 is 10.4 Å². The standard InChI is InChI=1S/C18H14Cl2N2O2/c1-2-11-3-5-14(6-4-11)22-18(24)13(10-21)7-12-8-15(19)17(23)16(20)9-12/h3-9,23H,2H2,1H3,(H,22,24). The van der Waals surface area contributed by atoms with E-state index >= 15 is 0 Å². The summed E-state index contributed by atoms with van der Waals surface area (Å²) in [5.41, 5.74) is 2.08. The highest BCUT2D eigenvalue weighted by Gasteiger charge is 2.11. The number of rotatable bonds is 4. The van der Waals surface area contributed by atoms with Crippen LogP contribution in [0.15, 0.2) is 42.0 Å². The molecule has 0 heterocycles. The Labute approximate surface area is 149 Å². The minimum absolute atomic E-state index is 0.0432. The zero-order valence-corrected chi connectivity index (χ0v) is 14.3. The molecular formula is C18H14Cl2N2O2. The second kappa shape index (κ2) is 7.87. The van der Waals surface area contributed by atoms with Crippen LogP contribution in [-0.2, 0) is 11.2 Å². The Kier molecular flexibility index (Phi) is 5.86. The molecule has 24 heavy (non-hydrogen) atoms. The van der Waals surface area contributed by atoms with Gasteiger partial charge in [0.2, 0.25) is 0 Å². The number of amides is 1. The SMILES string of the molecule is CCc1ccc(NC(=O)C(C#N)=Cc2cc(Cl)c(O)c(Cl)c2)cc1. The maximum Gasteiger partial charge on any atom is 0.266 e. The van der Waals surface area contributed by atoms with E-state index in [9.17, 15) is 15.2 Å². The summed E-state index contributed by atoms with van der Waals surface area (Å²) in [6, 6.07) is 12.1. The lowest BCUT2D eigenvalue weighted by Gasteiger charge is -2.06. The first kappa shape index (κ1) is 17.9. The highest BCUT2D eigenvalue weighted by Crippen LogP contribution is 2.33. The number of phenols is 1.